The topological polar surface area (TPSA) is 97.1 Å². The van der Waals surface area contributed by atoms with Gasteiger partial charge in [0.25, 0.3) is 11.8 Å². The summed E-state index contributed by atoms with van der Waals surface area (Å²) in [6.07, 6.45) is 0. The number of thiazole rings is 1. The zero-order valence-electron chi connectivity index (χ0n) is 10.1. The molecule has 2 aromatic rings. The Kier molecular flexibility index (Phi) is 3.88. The number of anilines is 1. The minimum atomic E-state index is -0.421. The first-order valence-corrected chi connectivity index (χ1v) is 6.28. The summed E-state index contributed by atoms with van der Waals surface area (Å²) >= 11 is 1.08. The molecule has 0 aliphatic heterocycles. The molecule has 0 aliphatic rings. The summed E-state index contributed by atoms with van der Waals surface area (Å²) in [6.45, 7) is 1.68. The number of hydrogen-bond acceptors (Lipinski definition) is 5. The Balaban J connectivity index is 2.16. The minimum absolute atomic E-state index is 0.269. The summed E-state index contributed by atoms with van der Waals surface area (Å²) in [7, 11) is 0. The fourth-order valence-corrected chi connectivity index (χ4v) is 2.35. The van der Waals surface area contributed by atoms with E-state index in [2.05, 4.69) is 10.3 Å². The van der Waals surface area contributed by atoms with E-state index in [0.29, 0.717) is 21.3 Å². The van der Waals surface area contributed by atoms with E-state index in [9.17, 15) is 9.59 Å². The van der Waals surface area contributed by atoms with Crippen LogP contribution in [-0.4, -0.2) is 16.8 Å². The van der Waals surface area contributed by atoms with E-state index in [4.69, 9.17) is 5.84 Å². The molecule has 19 heavy (non-hydrogen) atoms. The molecule has 0 saturated heterocycles. The number of nitrogens with two attached hydrogens (primary N) is 1. The molecule has 1 aromatic carbocycles. The number of amides is 2. The number of carbonyl (C=O) groups excluding carboxylic acids is 2. The van der Waals surface area contributed by atoms with Gasteiger partial charge in [-0.2, -0.15) is 0 Å². The van der Waals surface area contributed by atoms with Gasteiger partial charge in [0, 0.05) is 5.56 Å². The van der Waals surface area contributed by atoms with Crippen LogP contribution in [0.5, 0.6) is 0 Å². The zero-order chi connectivity index (χ0) is 13.8. The average Bonchev–Trinajstić information content (AvgIpc) is 2.79. The van der Waals surface area contributed by atoms with Crippen molar-refractivity contribution < 1.29 is 9.59 Å². The lowest BCUT2D eigenvalue weighted by Gasteiger charge is -2.00. The maximum Gasteiger partial charge on any atom is 0.277 e. The number of hydrazine groups is 1. The predicted octanol–water partition coefficient (Wildman–Crippen LogP) is 1.31. The molecule has 98 valence electrons. The van der Waals surface area contributed by atoms with Crippen LogP contribution < -0.4 is 16.6 Å². The van der Waals surface area contributed by atoms with Crippen LogP contribution in [0.4, 0.5) is 5.13 Å². The van der Waals surface area contributed by atoms with Crippen LogP contribution in [0.3, 0.4) is 0 Å². The molecule has 1 aromatic heterocycles. The van der Waals surface area contributed by atoms with Crippen molar-refractivity contribution in [1.82, 2.24) is 10.4 Å². The summed E-state index contributed by atoms with van der Waals surface area (Å²) in [6, 6.07) is 8.77. The second-order valence-electron chi connectivity index (χ2n) is 3.73. The van der Waals surface area contributed by atoms with E-state index in [1.165, 1.54) is 0 Å². The van der Waals surface area contributed by atoms with Gasteiger partial charge in [0.05, 0.1) is 5.69 Å². The van der Waals surface area contributed by atoms with Crippen LogP contribution in [0, 0.1) is 6.92 Å². The largest absolute Gasteiger partial charge is 0.298 e. The lowest BCUT2D eigenvalue weighted by Crippen LogP contribution is -2.29. The molecule has 6 nitrogen and oxygen atoms in total. The quantitative estimate of drug-likeness (QED) is 0.447. The maximum absolute atomic E-state index is 11.9. The highest BCUT2D eigenvalue weighted by molar-refractivity contribution is 7.17. The van der Waals surface area contributed by atoms with Crippen LogP contribution >= 0.6 is 11.3 Å². The number of aromatic nitrogens is 1. The van der Waals surface area contributed by atoms with Gasteiger partial charge in [-0.05, 0) is 19.1 Å². The van der Waals surface area contributed by atoms with Gasteiger partial charge in [-0.1, -0.05) is 29.5 Å². The van der Waals surface area contributed by atoms with Crippen molar-refractivity contribution in [3.63, 3.8) is 0 Å². The summed E-state index contributed by atoms with van der Waals surface area (Å²) in [5.74, 6) is 4.38. The third-order valence-corrected chi connectivity index (χ3v) is 3.46. The zero-order valence-corrected chi connectivity index (χ0v) is 11.0. The Morgan fingerprint density at radius 1 is 1.21 bits per heavy atom. The van der Waals surface area contributed by atoms with Crippen molar-refractivity contribution in [2.75, 3.05) is 5.32 Å². The molecule has 4 N–H and O–H groups in total. The van der Waals surface area contributed by atoms with Crippen molar-refractivity contribution >= 4 is 28.3 Å². The number of nitrogens with one attached hydrogen (secondary N) is 2. The number of rotatable bonds is 3. The summed E-state index contributed by atoms with van der Waals surface area (Å²) in [5.41, 5.74) is 3.09. The molecular weight excluding hydrogens is 264 g/mol. The second kappa shape index (κ2) is 5.59. The molecule has 0 atom stereocenters. The van der Waals surface area contributed by atoms with Gasteiger partial charge in [0.15, 0.2) is 5.13 Å². The van der Waals surface area contributed by atoms with Gasteiger partial charge in [0.1, 0.15) is 4.88 Å². The van der Waals surface area contributed by atoms with Crippen LogP contribution in [0.25, 0.3) is 0 Å². The van der Waals surface area contributed by atoms with Crippen molar-refractivity contribution in [2.24, 2.45) is 5.84 Å². The fourth-order valence-electron chi connectivity index (χ4n) is 1.48. The monoisotopic (exact) mass is 276 g/mol. The molecule has 0 radical (unpaired) electrons. The minimum Gasteiger partial charge on any atom is -0.298 e. The second-order valence-corrected chi connectivity index (χ2v) is 4.73. The molecule has 0 unspecified atom stereocenters. The van der Waals surface area contributed by atoms with Crippen molar-refractivity contribution in [3.8, 4) is 0 Å². The van der Waals surface area contributed by atoms with Gasteiger partial charge in [-0.15, -0.1) is 0 Å². The molecule has 2 amide bonds. The number of aryl methyl sites for hydroxylation is 1. The summed E-state index contributed by atoms with van der Waals surface area (Å²) in [4.78, 5) is 27.8. The summed E-state index contributed by atoms with van der Waals surface area (Å²) < 4.78 is 0. The molecule has 2 rings (SSSR count). The molecule has 0 fully saturated rings. The third kappa shape index (κ3) is 2.95. The Labute approximate surface area is 113 Å². The first kappa shape index (κ1) is 13.2. The molecule has 0 saturated carbocycles. The number of benzene rings is 1. The Morgan fingerprint density at radius 3 is 2.53 bits per heavy atom. The van der Waals surface area contributed by atoms with Gasteiger partial charge < -0.3 is 0 Å². The van der Waals surface area contributed by atoms with Crippen LogP contribution in [0.1, 0.15) is 25.7 Å². The number of hydrogen-bond donors (Lipinski definition) is 3. The van der Waals surface area contributed by atoms with Crippen LogP contribution in [-0.2, 0) is 0 Å². The molecule has 7 heteroatoms. The first-order chi connectivity index (χ1) is 9.11. The molecule has 0 spiro atoms. The maximum atomic E-state index is 11.9. The fraction of sp³-hybridized carbons (Fsp3) is 0.0833. The Morgan fingerprint density at radius 2 is 1.89 bits per heavy atom. The number of carbonyl (C=O) groups is 2. The average molecular weight is 276 g/mol. The highest BCUT2D eigenvalue weighted by atomic mass is 32.1. The van der Waals surface area contributed by atoms with Gasteiger partial charge in [-0.3, -0.25) is 20.3 Å². The highest BCUT2D eigenvalue weighted by Crippen LogP contribution is 2.22. The van der Waals surface area contributed by atoms with Gasteiger partial charge in [0.2, 0.25) is 0 Å². The predicted molar refractivity (Wildman–Crippen MR) is 72.9 cm³/mol. The molecule has 0 aliphatic carbocycles. The SMILES string of the molecule is Cc1nc(NC(=O)c2ccccc2)sc1C(=O)NN. The lowest BCUT2D eigenvalue weighted by atomic mass is 10.2. The van der Waals surface area contributed by atoms with E-state index < -0.39 is 5.91 Å². The lowest BCUT2D eigenvalue weighted by molar-refractivity contribution is 0.0956. The van der Waals surface area contributed by atoms with Crippen LogP contribution in [0.15, 0.2) is 30.3 Å². The van der Waals surface area contributed by atoms with Crippen molar-refractivity contribution in [1.29, 1.82) is 0 Å². The van der Waals surface area contributed by atoms with Gasteiger partial charge >= 0.3 is 0 Å². The summed E-state index contributed by atoms with van der Waals surface area (Å²) in [5, 5.41) is 3.01. The third-order valence-electron chi connectivity index (χ3n) is 2.39. The van der Waals surface area contributed by atoms with E-state index in [-0.39, 0.29) is 5.91 Å². The van der Waals surface area contributed by atoms with Crippen LogP contribution in [0.2, 0.25) is 0 Å². The standard InChI is InChI=1S/C12H12N4O2S/c1-7-9(11(18)16-13)19-12(14-7)15-10(17)8-5-3-2-4-6-8/h2-6H,13H2,1H3,(H,16,18)(H,14,15,17). The van der Waals surface area contributed by atoms with E-state index >= 15 is 0 Å². The smallest absolute Gasteiger partial charge is 0.277 e. The van der Waals surface area contributed by atoms with E-state index in [1.54, 1.807) is 31.2 Å². The molecular formula is C12H12N4O2S. The molecule has 1 heterocycles. The Hall–Kier alpha value is -2.25. The molecule has 0 bridgehead atoms. The van der Waals surface area contributed by atoms with E-state index in [0.717, 1.165) is 11.3 Å². The number of nitrogens with zero attached hydrogens (tertiary/aromatic N) is 1. The van der Waals surface area contributed by atoms with E-state index in [1.807, 2.05) is 11.5 Å². The van der Waals surface area contributed by atoms with Crippen molar-refractivity contribution in [3.05, 3.63) is 46.5 Å². The van der Waals surface area contributed by atoms with Crippen molar-refractivity contribution in [2.45, 2.75) is 6.92 Å². The number of nitrogen functional groups attached to an aromatic ring is 1. The Bertz CT molecular complexity index is 609. The highest BCUT2D eigenvalue weighted by Gasteiger charge is 2.16. The van der Waals surface area contributed by atoms with Gasteiger partial charge in [-0.25, -0.2) is 10.8 Å². The normalized spacial score (nSPS) is 10.0. The first-order valence-electron chi connectivity index (χ1n) is 5.46.